The van der Waals surface area contributed by atoms with Crippen molar-refractivity contribution in [3.8, 4) is 0 Å². The zero-order valence-corrected chi connectivity index (χ0v) is 5.62. The van der Waals surface area contributed by atoms with Crippen molar-refractivity contribution in [1.29, 1.82) is 0 Å². The maximum Gasteiger partial charge on any atom is 2.00 e. The molecule has 0 heterocycles. The number of hydrogen-bond donors (Lipinski definition) is 0. The van der Waals surface area contributed by atoms with E-state index in [1.54, 1.807) is 0 Å². The van der Waals surface area contributed by atoms with E-state index in [-0.39, 0.29) is 67.3 Å². The van der Waals surface area contributed by atoms with Crippen molar-refractivity contribution in [3.63, 3.8) is 0 Å². The molecule has 0 saturated heterocycles. The molecular weight excluding hydrogens is 218 g/mol. The summed E-state index contributed by atoms with van der Waals surface area (Å²) in [5, 5.41) is 0. The summed E-state index contributed by atoms with van der Waals surface area (Å²) < 4.78 is 0. The summed E-state index contributed by atoms with van der Waals surface area (Å²) in [6.07, 6.45) is 0. The van der Waals surface area contributed by atoms with Gasteiger partial charge < -0.3 is 16.4 Å². The van der Waals surface area contributed by atoms with E-state index in [0.29, 0.717) is 0 Å². The van der Waals surface area contributed by atoms with Gasteiger partial charge in [-0.2, -0.15) is 0 Å². The summed E-state index contributed by atoms with van der Waals surface area (Å²) in [5.41, 5.74) is 0. The van der Waals surface area contributed by atoms with E-state index < -0.39 is 0 Å². The molecule has 0 amide bonds. The molecule has 6 heteroatoms. The molecule has 2 radical (unpaired) electrons. The quantitative estimate of drug-likeness (QED) is 0.496. The molecule has 0 aliphatic rings. The molecule has 0 N–H and O–H groups in total. The van der Waals surface area contributed by atoms with Gasteiger partial charge in [-0.25, -0.2) is 0 Å². The fraction of sp³-hybridized carbons (Fsp3) is 0. The van der Waals surface area contributed by atoms with Gasteiger partial charge in [-0.05, 0) is 0 Å². The first-order valence-electron chi connectivity index (χ1n) is 0. The van der Waals surface area contributed by atoms with Crippen molar-refractivity contribution >= 4 is 0 Å². The second-order valence-electron chi connectivity index (χ2n) is 0. The molecule has 0 aromatic heterocycles. The Balaban J connectivity index is 0. The minimum atomic E-state index is 0. The first-order chi connectivity index (χ1) is 0. The Morgan fingerprint density at radius 3 is 0.667 bits per heavy atom. The average Bonchev–Trinajstić information content (AvgIpc) is 0. The second-order valence-corrected chi connectivity index (χ2v) is 0. The monoisotopic (exact) mass is 218 g/mol. The normalized spacial score (nSPS) is 0. The average molecular weight is 218 g/mol. The third-order valence-corrected chi connectivity index (χ3v) is 0. The fourth-order valence-corrected chi connectivity index (χ4v) is 0. The molecule has 0 rings (SSSR count). The van der Waals surface area contributed by atoms with Gasteiger partial charge in [0.15, 0.2) is 0 Å². The molecule has 0 aromatic carbocycles. The van der Waals surface area contributed by atoms with E-state index in [1.807, 2.05) is 0 Å². The van der Waals surface area contributed by atoms with Crippen LogP contribution in [-0.4, -0.2) is 0 Å². The van der Waals surface area contributed by atoms with Gasteiger partial charge in [0.1, 0.15) is 0 Å². The van der Waals surface area contributed by atoms with Crippen molar-refractivity contribution in [2.24, 2.45) is 0 Å². The SMILES string of the molecule is [Co+2].[Fe+2].[Mn+2].[O-2].[O-2].[O-2]. The van der Waals surface area contributed by atoms with Gasteiger partial charge in [-0.1, -0.05) is 0 Å². The molecular formula is CoFeMnO3. The molecule has 0 unspecified atom stereocenters. The Morgan fingerprint density at radius 2 is 0.667 bits per heavy atom. The zero-order valence-electron chi connectivity index (χ0n) is 2.29. The van der Waals surface area contributed by atoms with Gasteiger partial charge in [-0.3, -0.25) is 0 Å². The molecule has 42 valence electrons. The molecule has 0 fully saturated rings. The summed E-state index contributed by atoms with van der Waals surface area (Å²) in [4.78, 5) is 0. The molecule has 0 aromatic rings. The molecule has 0 aliphatic carbocycles. The standard InChI is InChI=1S/Co.Fe.Mn.3O/q3*+2;3*-2. The molecule has 0 bridgehead atoms. The summed E-state index contributed by atoms with van der Waals surface area (Å²) in [5.74, 6) is 0. The fourth-order valence-electron chi connectivity index (χ4n) is 0. The Kier molecular flexibility index (Phi) is 2340. The zero-order chi connectivity index (χ0) is 0. The van der Waals surface area contributed by atoms with Crippen LogP contribution in [0.1, 0.15) is 0 Å². The molecule has 6 heavy (non-hydrogen) atoms. The third-order valence-electron chi connectivity index (χ3n) is 0. The van der Waals surface area contributed by atoms with E-state index in [1.165, 1.54) is 0 Å². The van der Waals surface area contributed by atoms with Crippen LogP contribution in [0.25, 0.3) is 0 Å². The van der Waals surface area contributed by atoms with E-state index >= 15 is 0 Å². The summed E-state index contributed by atoms with van der Waals surface area (Å²) in [6.45, 7) is 0. The second kappa shape index (κ2) is 93.1. The van der Waals surface area contributed by atoms with Crippen LogP contribution in [0.4, 0.5) is 0 Å². The molecule has 0 aliphatic heterocycles. The van der Waals surface area contributed by atoms with Crippen LogP contribution in [-0.2, 0) is 67.3 Å². The Labute approximate surface area is 67.3 Å². The van der Waals surface area contributed by atoms with Crippen LogP contribution in [0.5, 0.6) is 0 Å². The summed E-state index contributed by atoms with van der Waals surface area (Å²) >= 11 is 0. The predicted molar refractivity (Wildman–Crippen MR) is 2.06 cm³/mol. The predicted octanol–water partition coefficient (Wildman–Crippen LogP) is -0.364. The van der Waals surface area contributed by atoms with E-state index in [9.17, 15) is 0 Å². The van der Waals surface area contributed by atoms with Crippen LogP contribution in [0, 0.1) is 0 Å². The van der Waals surface area contributed by atoms with Gasteiger partial charge in [0.2, 0.25) is 0 Å². The minimum Gasteiger partial charge on any atom is -2.00 e. The van der Waals surface area contributed by atoms with Crippen LogP contribution >= 0.6 is 0 Å². The maximum atomic E-state index is 0. The summed E-state index contributed by atoms with van der Waals surface area (Å²) in [7, 11) is 0. The van der Waals surface area contributed by atoms with Crippen molar-refractivity contribution in [2.45, 2.75) is 0 Å². The van der Waals surface area contributed by atoms with Gasteiger partial charge >= 0.3 is 50.9 Å². The Hall–Kier alpha value is 1.43. The van der Waals surface area contributed by atoms with Gasteiger partial charge in [0, 0.05) is 0 Å². The van der Waals surface area contributed by atoms with Gasteiger partial charge in [0.25, 0.3) is 0 Å². The number of hydrogen-bond acceptors (Lipinski definition) is 0. The van der Waals surface area contributed by atoms with Crippen molar-refractivity contribution in [2.75, 3.05) is 0 Å². The smallest absolute Gasteiger partial charge is 2.00 e. The largest absolute Gasteiger partial charge is 2.00 e. The molecule has 3 nitrogen and oxygen atoms in total. The van der Waals surface area contributed by atoms with Crippen molar-refractivity contribution in [1.82, 2.24) is 0 Å². The summed E-state index contributed by atoms with van der Waals surface area (Å²) in [6, 6.07) is 0. The van der Waals surface area contributed by atoms with E-state index in [2.05, 4.69) is 0 Å². The Morgan fingerprint density at radius 1 is 0.667 bits per heavy atom. The van der Waals surface area contributed by atoms with Crippen LogP contribution in [0.15, 0.2) is 0 Å². The van der Waals surface area contributed by atoms with E-state index in [0.717, 1.165) is 0 Å². The van der Waals surface area contributed by atoms with Crippen LogP contribution in [0.3, 0.4) is 0 Å². The topological polar surface area (TPSA) is 85.5 Å². The number of rotatable bonds is 0. The molecule has 0 saturated carbocycles. The maximum absolute atomic E-state index is 0. The van der Waals surface area contributed by atoms with Crippen molar-refractivity contribution < 1.29 is 67.3 Å². The van der Waals surface area contributed by atoms with Crippen LogP contribution in [0.2, 0.25) is 0 Å². The molecule has 0 spiro atoms. The van der Waals surface area contributed by atoms with Gasteiger partial charge in [0.05, 0.1) is 0 Å². The Bertz CT molecular complexity index is 10.8. The minimum absolute atomic E-state index is 0. The third kappa shape index (κ3) is 52.3. The van der Waals surface area contributed by atoms with Crippen LogP contribution < -0.4 is 0 Å². The van der Waals surface area contributed by atoms with E-state index in [4.69, 9.17) is 0 Å². The first-order valence-corrected chi connectivity index (χ1v) is 0. The van der Waals surface area contributed by atoms with Gasteiger partial charge in [-0.15, -0.1) is 0 Å². The first kappa shape index (κ1) is 151. The van der Waals surface area contributed by atoms with Crippen molar-refractivity contribution in [3.05, 3.63) is 0 Å². The molecule has 0 atom stereocenters.